The van der Waals surface area contributed by atoms with E-state index in [1.807, 2.05) is 6.08 Å². The minimum atomic E-state index is -0.132. The van der Waals surface area contributed by atoms with Gasteiger partial charge >= 0.3 is 0 Å². The molecule has 0 aromatic carbocycles. The molecular formula is C20H34O. The molecule has 2 rings (SSSR count). The van der Waals surface area contributed by atoms with E-state index >= 15 is 0 Å². The van der Waals surface area contributed by atoms with Gasteiger partial charge in [0.15, 0.2) is 0 Å². The highest BCUT2D eigenvalue weighted by Gasteiger charge is 2.56. The molecule has 5 atom stereocenters. The fraction of sp³-hybridized carbons (Fsp3) is 0.800. The molecule has 0 amide bonds. The van der Waals surface area contributed by atoms with Crippen molar-refractivity contribution in [3.63, 3.8) is 0 Å². The molecule has 21 heavy (non-hydrogen) atoms. The van der Waals surface area contributed by atoms with Crippen LogP contribution in [0.3, 0.4) is 0 Å². The number of aliphatic hydroxyl groups excluding tert-OH is 1. The van der Waals surface area contributed by atoms with Crippen LogP contribution < -0.4 is 0 Å². The first-order chi connectivity index (χ1) is 9.73. The van der Waals surface area contributed by atoms with Crippen LogP contribution in [-0.2, 0) is 0 Å². The monoisotopic (exact) mass is 290 g/mol. The zero-order valence-corrected chi connectivity index (χ0v) is 14.5. The summed E-state index contributed by atoms with van der Waals surface area (Å²) < 4.78 is 0. The molecular weight excluding hydrogens is 256 g/mol. The summed E-state index contributed by atoms with van der Waals surface area (Å²) in [6.45, 7) is 17.4. The maximum Gasteiger partial charge on any atom is 0.0594 e. The van der Waals surface area contributed by atoms with Crippen LogP contribution in [0.5, 0.6) is 0 Å². The average molecular weight is 290 g/mol. The molecule has 2 aliphatic rings. The Labute approximate surface area is 131 Å². The molecule has 0 heterocycles. The van der Waals surface area contributed by atoms with Crippen LogP contribution in [0.25, 0.3) is 0 Å². The van der Waals surface area contributed by atoms with Gasteiger partial charge in [0.1, 0.15) is 0 Å². The number of hydrogen-bond acceptors (Lipinski definition) is 1. The van der Waals surface area contributed by atoms with Gasteiger partial charge in [0.2, 0.25) is 0 Å². The van der Waals surface area contributed by atoms with E-state index in [-0.39, 0.29) is 11.5 Å². The highest BCUT2D eigenvalue weighted by atomic mass is 16.3. The summed E-state index contributed by atoms with van der Waals surface area (Å²) in [5.41, 5.74) is 1.60. The van der Waals surface area contributed by atoms with Crippen molar-refractivity contribution in [2.75, 3.05) is 0 Å². The number of hydrogen-bond donors (Lipinski definition) is 1. The van der Waals surface area contributed by atoms with Gasteiger partial charge in [-0.25, -0.2) is 0 Å². The van der Waals surface area contributed by atoms with Crippen molar-refractivity contribution < 1.29 is 5.11 Å². The SMILES string of the molecule is C=CC(=C)CC[C@H]1[C@H](C)CC[C@H]2C(C)(C)[C@H](O)CC[C@]12C. The summed E-state index contributed by atoms with van der Waals surface area (Å²) in [4.78, 5) is 0. The Bertz CT molecular complexity index is 408. The zero-order chi connectivity index (χ0) is 15.8. The lowest BCUT2D eigenvalue weighted by atomic mass is 9.45. The molecule has 0 spiro atoms. The second-order valence-corrected chi connectivity index (χ2v) is 8.50. The third-order valence-electron chi connectivity index (χ3n) is 7.02. The van der Waals surface area contributed by atoms with Gasteiger partial charge in [-0.3, -0.25) is 0 Å². The molecule has 2 aliphatic carbocycles. The number of rotatable bonds is 4. The summed E-state index contributed by atoms with van der Waals surface area (Å²) in [5, 5.41) is 10.5. The smallest absolute Gasteiger partial charge is 0.0594 e. The molecule has 2 saturated carbocycles. The van der Waals surface area contributed by atoms with Gasteiger partial charge in [-0.1, -0.05) is 58.9 Å². The maximum absolute atomic E-state index is 10.5. The van der Waals surface area contributed by atoms with Gasteiger partial charge in [-0.05, 0) is 60.7 Å². The molecule has 0 bridgehead atoms. The lowest BCUT2D eigenvalue weighted by molar-refractivity contribution is -0.149. The van der Waals surface area contributed by atoms with Crippen molar-refractivity contribution in [1.29, 1.82) is 0 Å². The van der Waals surface area contributed by atoms with Gasteiger partial charge in [0.05, 0.1) is 6.10 Å². The Kier molecular flexibility index (Phi) is 4.73. The third-order valence-corrected chi connectivity index (χ3v) is 7.02. The first kappa shape index (κ1) is 16.8. The van der Waals surface area contributed by atoms with E-state index in [4.69, 9.17) is 0 Å². The second kappa shape index (κ2) is 5.91. The molecule has 1 heteroatoms. The molecule has 0 aromatic rings. The fourth-order valence-electron chi connectivity index (χ4n) is 5.56. The van der Waals surface area contributed by atoms with Crippen LogP contribution in [0.2, 0.25) is 0 Å². The molecule has 120 valence electrons. The van der Waals surface area contributed by atoms with E-state index in [9.17, 15) is 5.11 Å². The molecule has 1 N–H and O–H groups in total. The van der Waals surface area contributed by atoms with Gasteiger partial charge in [-0.15, -0.1) is 0 Å². The standard InChI is InChI=1S/C20H34O/c1-7-14(2)8-10-16-15(3)9-11-17-19(4,5)18(21)12-13-20(16,17)6/h7,15-18,21H,1-2,8-13H2,3-6H3/t15-,16+,17+,18-,20-/m1/s1. The van der Waals surface area contributed by atoms with E-state index in [0.717, 1.165) is 24.7 Å². The van der Waals surface area contributed by atoms with E-state index < -0.39 is 0 Å². The largest absolute Gasteiger partial charge is 0.393 e. The number of aliphatic hydroxyl groups is 1. The van der Waals surface area contributed by atoms with Crippen molar-refractivity contribution in [2.45, 2.75) is 72.3 Å². The van der Waals surface area contributed by atoms with E-state index in [0.29, 0.717) is 11.3 Å². The fourth-order valence-corrected chi connectivity index (χ4v) is 5.56. The Morgan fingerprint density at radius 3 is 2.52 bits per heavy atom. The van der Waals surface area contributed by atoms with Crippen LogP contribution >= 0.6 is 0 Å². The second-order valence-electron chi connectivity index (χ2n) is 8.50. The Balaban J connectivity index is 2.23. The number of allylic oxidation sites excluding steroid dienone is 2. The van der Waals surface area contributed by atoms with Crippen LogP contribution in [0, 0.1) is 28.6 Å². The van der Waals surface area contributed by atoms with Gasteiger partial charge in [0, 0.05) is 0 Å². The number of fused-ring (bicyclic) bond motifs is 1. The Morgan fingerprint density at radius 1 is 1.24 bits per heavy atom. The van der Waals surface area contributed by atoms with Crippen molar-refractivity contribution in [3.05, 3.63) is 24.8 Å². The molecule has 0 radical (unpaired) electrons. The van der Waals surface area contributed by atoms with Crippen molar-refractivity contribution in [2.24, 2.45) is 28.6 Å². The molecule has 2 fully saturated rings. The van der Waals surface area contributed by atoms with Crippen LogP contribution in [0.4, 0.5) is 0 Å². The first-order valence-corrected chi connectivity index (χ1v) is 8.71. The quantitative estimate of drug-likeness (QED) is 0.691. The lowest BCUT2D eigenvalue weighted by Crippen LogP contribution is -2.55. The Morgan fingerprint density at radius 2 is 1.90 bits per heavy atom. The van der Waals surface area contributed by atoms with E-state index in [2.05, 4.69) is 40.9 Å². The minimum absolute atomic E-state index is 0.0564. The predicted molar refractivity (Wildman–Crippen MR) is 91.1 cm³/mol. The highest BCUT2D eigenvalue weighted by molar-refractivity contribution is 5.12. The third kappa shape index (κ3) is 2.86. The summed E-state index contributed by atoms with van der Waals surface area (Å²) in [6, 6.07) is 0. The maximum atomic E-state index is 10.5. The first-order valence-electron chi connectivity index (χ1n) is 8.71. The van der Waals surface area contributed by atoms with Gasteiger partial charge in [-0.2, -0.15) is 0 Å². The van der Waals surface area contributed by atoms with Gasteiger partial charge in [0.25, 0.3) is 0 Å². The van der Waals surface area contributed by atoms with E-state index in [1.165, 1.54) is 31.3 Å². The molecule has 1 nitrogen and oxygen atoms in total. The van der Waals surface area contributed by atoms with Crippen LogP contribution in [0.1, 0.15) is 66.2 Å². The molecule has 0 unspecified atom stereocenters. The van der Waals surface area contributed by atoms with Crippen molar-refractivity contribution in [1.82, 2.24) is 0 Å². The predicted octanol–water partition coefficient (Wildman–Crippen LogP) is 5.36. The van der Waals surface area contributed by atoms with Crippen molar-refractivity contribution in [3.8, 4) is 0 Å². The molecule has 0 aromatic heterocycles. The normalized spacial score (nSPS) is 42.1. The minimum Gasteiger partial charge on any atom is -0.393 e. The highest BCUT2D eigenvalue weighted by Crippen LogP contribution is 2.62. The molecule has 0 aliphatic heterocycles. The van der Waals surface area contributed by atoms with Crippen molar-refractivity contribution >= 4 is 0 Å². The summed E-state index contributed by atoms with van der Waals surface area (Å²) in [6.07, 6.45) is 8.80. The van der Waals surface area contributed by atoms with E-state index in [1.54, 1.807) is 0 Å². The zero-order valence-electron chi connectivity index (χ0n) is 14.5. The summed E-state index contributed by atoms with van der Waals surface area (Å²) in [7, 11) is 0. The topological polar surface area (TPSA) is 20.2 Å². The van der Waals surface area contributed by atoms with Crippen LogP contribution in [-0.4, -0.2) is 11.2 Å². The molecule has 0 saturated heterocycles. The average Bonchev–Trinajstić information content (AvgIpc) is 2.42. The summed E-state index contributed by atoms with van der Waals surface area (Å²) in [5.74, 6) is 2.18. The van der Waals surface area contributed by atoms with Crippen LogP contribution in [0.15, 0.2) is 24.8 Å². The summed E-state index contributed by atoms with van der Waals surface area (Å²) >= 11 is 0. The Hall–Kier alpha value is -0.560. The van der Waals surface area contributed by atoms with Gasteiger partial charge < -0.3 is 5.11 Å². The lowest BCUT2D eigenvalue weighted by Gasteiger charge is -2.60.